The van der Waals surface area contributed by atoms with Gasteiger partial charge in [0.05, 0.1) is 5.56 Å². The molecule has 1 amide bonds. The summed E-state index contributed by atoms with van der Waals surface area (Å²) in [7, 11) is 0. The molecule has 3 rings (SSSR count). The molecule has 0 radical (unpaired) electrons. The Bertz CT molecular complexity index is 866. The number of amides is 1. The summed E-state index contributed by atoms with van der Waals surface area (Å²) in [4.78, 5) is 16.0. The second kappa shape index (κ2) is 7.68. The van der Waals surface area contributed by atoms with E-state index in [1.165, 1.54) is 6.07 Å². The lowest BCUT2D eigenvalue weighted by Gasteiger charge is -2.09. The quantitative estimate of drug-likeness (QED) is 0.606. The van der Waals surface area contributed by atoms with Gasteiger partial charge in [-0.25, -0.2) is 4.98 Å². The first-order valence-corrected chi connectivity index (χ1v) is 8.11. The fourth-order valence-electron chi connectivity index (χ4n) is 2.31. The summed E-state index contributed by atoms with van der Waals surface area (Å²) in [6.45, 7) is 0.395. The SMILES string of the molecule is Nc1nc(Cl)ccc1C(=O)NCc1ccc(Nc2ccccc2)cc1. The second-order valence-electron chi connectivity index (χ2n) is 5.44. The Morgan fingerprint density at radius 2 is 1.64 bits per heavy atom. The molecule has 25 heavy (non-hydrogen) atoms. The third kappa shape index (κ3) is 4.49. The van der Waals surface area contributed by atoms with Gasteiger partial charge in [0.25, 0.3) is 5.91 Å². The molecule has 126 valence electrons. The topological polar surface area (TPSA) is 80.0 Å². The third-order valence-corrected chi connectivity index (χ3v) is 3.82. The highest BCUT2D eigenvalue weighted by Gasteiger charge is 2.10. The Hall–Kier alpha value is -3.05. The molecular weight excluding hydrogens is 336 g/mol. The number of nitrogens with zero attached hydrogens (tertiary/aromatic N) is 1. The Kier molecular flexibility index (Phi) is 5.16. The van der Waals surface area contributed by atoms with Crippen molar-refractivity contribution in [2.75, 3.05) is 11.1 Å². The van der Waals surface area contributed by atoms with E-state index in [9.17, 15) is 4.79 Å². The average Bonchev–Trinajstić information content (AvgIpc) is 2.62. The van der Waals surface area contributed by atoms with Crippen LogP contribution in [0.15, 0.2) is 66.7 Å². The number of anilines is 3. The molecule has 0 aliphatic heterocycles. The summed E-state index contributed by atoms with van der Waals surface area (Å²) in [5, 5.41) is 6.39. The van der Waals surface area contributed by atoms with Crippen LogP contribution in [-0.4, -0.2) is 10.9 Å². The molecule has 4 N–H and O–H groups in total. The average molecular weight is 353 g/mol. The number of nitrogens with one attached hydrogen (secondary N) is 2. The summed E-state index contributed by atoms with van der Waals surface area (Å²) in [6.07, 6.45) is 0. The molecule has 0 saturated heterocycles. The highest BCUT2D eigenvalue weighted by Crippen LogP contribution is 2.17. The number of aromatic nitrogens is 1. The van der Waals surface area contributed by atoms with Crippen molar-refractivity contribution in [1.29, 1.82) is 0 Å². The zero-order valence-corrected chi connectivity index (χ0v) is 14.1. The summed E-state index contributed by atoms with van der Waals surface area (Å²) in [5.41, 5.74) is 9.01. The number of carbonyl (C=O) groups is 1. The molecule has 3 aromatic rings. The van der Waals surface area contributed by atoms with E-state index in [-0.39, 0.29) is 16.9 Å². The van der Waals surface area contributed by atoms with Crippen LogP contribution in [0.1, 0.15) is 15.9 Å². The van der Waals surface area contributed by atoms with Gasteiger partial charge in [0, 0.05) is 17.9 Å². The molecule has 0 atom stereocenters. The van der Waals surface area contributed by atoms with Gasteiger partial charge in [-0.05, 0) is 42.0 Å². The van der Waals surface area contributed by atoms with Crippen LogP contribution in [0.4, 0.5) is 17.2 Å². The van der Waals surface area contributed by atoms with E-state index >= 15 is 0 Å². The lowest BCUT2D eigenvalue weighted by Crippen LogP contribution is -2.24. The number of para-hydroxylation sites is 1. The first kappa shape index (κ1) is 16.8. The van der Waals surface area contributed by atoms with E-state index in [4.69, 9.17) is 17.3 Å². The number of pyridine rings is 1. The normalized spacial score (nSPS) is 10.3. The van der Waals surface area contributed by atoms with Gasteiger partial charge in [-0.1, -0.05) is 41.9 Å². The smallest absolute Gasteiger partial charge is 0.255 e. The van der Waals surface area contributed by atoms with E-state index in [1.807, 2.05) is 54.6 Å². The van der Waals surface area contributed by atoms with Gasteiger partial charge >= 0.3 is 0 Å². The zero-order chi connectivity index (χ0) is 17.6. The molecule has 0 fully saturated rings. The van der Waals surface area contributed by atoms with Gasteiger partial charge in [-0.15, -0.1) is 0 Å². The Balaban J connectivity index is 1.59. The number of rotatable bonds is 5. The van der Waals surface area contributed by atoms with Crippen molar-refractivity contribution in [1.82, 2.24) is 10.3 Å². The number of nitrogens with two attached hydrogens (primary N) is 1. The molecule has 5 nitrogen and oxygen atoms in total. The minimum atomic E-state index is -0.284. The van der Waals surface area contributed by atoms with Crippen LogP contribution in [0, 0.1) is 0 Å². The maximum Gasteiger partial charge on any atom is 0.255 e. The van der Waals surface area contributed by atoms with Gasteiger partial charge < -0.3 is 16.4 Å². The van der Waals surface area contributed by atoms with Crippen LogP contribution < -0.4 is 16.4 Å². The Morgan fingerprint density at radius 3 is 2.32 bits per heavy atom. The monoisotopic (exact) mass is 352 g/mol. The lowest BCUT2D eigenvalue weighted by molar-refractivity contribution is 0.0951. The maximum absolute atomic E-state index is 12.2. The molecule has 0 aliphatic rings. The van der Waals surface area contributed by atoms with Crippen LogP contribution in [-0.2, 0) is 6.54 Å². The number of carbonyl (C=O) groups excluding carboxylic acids is 1. The number of hydrogen-bond acceptors (Lipinski definition) is 4. The molecule has 1 heterocycles. The van der Waals surface area contributed by atoms with Crippen molar-refractivity contribution in [3.63, 3.8) is 0 Å². The molecule has 2 aromatic carbocycles. The predicted octanol–water partition coefficient (Wildman–Crippen LogP) is 3.99. The first-order chi connectivity index (χ1) is 12.1. The minimum Gasteiger partial charge on any atom is -0.383 e. The van der Waals surface area contributed by atoms with Crippen molar-refractivity contribution in [3.05, 3.63) is 83.0 Å². The second-order valence-corrected chi connectivity index (χ2v) is 5.82. The van der Waals surface area contributed by atoms with Gasteiger partial charge in [0.2, 0.25) is 0 Å². The summed E-state index contributed by atoms with van der Waals surface area (Å²) in [5.74, 6) is -0.166. The van der Waals surface area contributed by atoms with Crippen LogP contribution in [0.3, 0.4) is 0 Å². The molecule has 0 unspecified atom stereocenters. The van der Waals surface area contributed by atoms with Gasteiger partial charge in [-0.3, -0.25) is 4.79 Å². The minimum absolute atomic E-state index is 0.118. The maximum atomic E-state index is 12.2. The van der Waals surface area contributed by atoms with Crippen molar-refractivity contribution >= 4 is 34.7 Å². The Morgan fingerprint density at radius 1 is 0.960 bits per heavy atom. The lowest BCUT2D eigenvalue weighted by atomic mass is 10.2. The van der Waals surface area contributed by atoms with Crippen molar-refractivity contribution in [3.8, 4) is 0 Å². The fraction of sp³-hybridized carbons (Fsp3) is 0.0526. The van der Waals surface area contributed by atoms with Crippen LogP contribution in [0.25, 0.3) is 0 Å². The van der Waals surface area contributed by atoms with Gasteiger partial charge in [-0.2, -0.15) is 0 Å². The van der Waals surface area contributed by atoms with Crippen molar-refractivity contribution in [2.24, 2.45) is 0 Å². The molecular formula is C19H17ClN4O. The summed E-state index contributed by atoms with van der Waals surface area (Å²) >= 11 is 5.74. The van der Waals surface area contributed by atoms with E-state index in [2.05, 4.69) is 15.6 Å². The molecule has 0 saturated carbocycles. The number of benzene rings is 2. The number of hydrogen-bond donors (Lipinski definition) is 3. The summed E-state index contributed by atoms with van der Waals surface area (Å²) in [6, 6.07) is 20.9. The third-order valence-electron chi connectivity index (χ3n) is 3.60. The van der Waals surface area contributed by atoms with Gasteiger partial charge in [0.1, 0.15) is 11.0 Å². The van der Waals surface area contributed by atoms with E-state index < -0.39 is 0 Å². The first-order valence-electron chi connectivity index (χ1n) is 7.73. The largest absolute Gasteiger partial charge is 0.383 e. The number of halogens is 1. The van der Waals surface area contributed by atoms with E-state index in [1.54, 1.807) is 6.07 Å². The van der Waals surface area contributed by atoms with Crippen molar-refractivity contribution < 1.29 is 4.79 Å². The number of nitrogen functional groups attached to an aromatic ring is 1. The molecule has 1 aromatic heterocycles. The fourth-order valence-corrected chi connectivity index (χ4v) is 2.47. The van der Waals surface area contributed by atoms with Crippen LogP contribution in [0.2, 0.25) is 5.15 Å². The van der Waals surface area contributed by atoms with Crippen LogP contribution in [0.5, 0.6) is 0 Å². The van der Waals surface area contributed by atoms with Crippen LogP contribution >= 0.6 is 11.6 Å². The van der Waals surface area contributed by atoms with E-state index in [0.717, 1.165) is 16.9 Å². The molecule has 6 heteroatoms. The highest BCUT2D eigenvalue weighted by atomic mass is 35.5. The van der Waals surface area contributed by atoms with Crippen molar-refractivity contribution in [2.45, 2.75) is 6.54 Å². The summed E-state index contributed by atoms with van der Waals surface area (Å²) < 4.78 is 0. The predicted molar refractivity (Wildman–Crippen MR) is 101 cm³/mol. The zero-order valence-electron chi connectivity index (χ0n) is 13.4. The standard InChI is InChI=1S/C19H17ClN4O/c20-17-11-10-16(18(21)24-17)19(25)22-12-13-6-8-15(9-7-13)23-14-4-2-1-3-5-14/h1-11,23H,12H2,(H2,21,24)(H,22,25). The Labute approximate surface area is 150 Å². The molecule has 0 aliphatic carbocycles. The van der Waals surface area contributed by atoms with E-state index in [0.29, 0.717) is 12.1 Å². The molecule has 0 spiro atoms. The highest BCUT2D eigenvalue weighted by molar-refractivity contribution is 6.29. The molecule has 0 bridgehead atoms. The van der Waals surface area contributed by atoms with Gasteiger partial charge in [0.15, 0.2) is 0 Å².